The summed E-state index contributed by atoms with van der Waals surface area (Å²) in [6.45, 7) is 4.28. The minimum Gasteiger partial charge on any atom is -0.326 e. The third kappa shape index (κ3) is 2.79. The molecule has 1 aromatic heterocycles. The van der Waals surface area contributed by atoms with Crippen molar-refractivity contribution in [3.8, 4) is 0 Å². The van der Waals surface area contributed by atoms with Gasteiger partial charge in [0.05, 0.1) is 0 Å². The standard InChI is InChI=1S/C14H24N2O2S2/c1-10-6-4-5-7-12(10)16(3)20(17,18)14-11(2)9-19-13(14)8-15/h9-10,12H,4-8,15H2,1-3H3. The minimum atomic E-state index is -3.44. The number of nitrogens with zero attached hydrogens (tertiary/aromatic N) is 1. The maximum atomic E-state index is 12.9. The van der Waals surface area contributed by atoms with Crippen molar-refractivity contribution in [3.63, 3.8) is 0 Å². The first-order valence-corrected chi connectivity index (χ1v) is 9.46. The summed E-state index contributed by atoms with van der Waals surface area (Å²) in [6, 6.07) is 0.110. The number of nitrogens with two attached hydrogens (primary N) is 1. The van der Waals surface area contributed by atoms with E-state index in [9.17, 15) is 8.42 Å². The van der Waals surface area contributed by atoms with Gasteiger partial charge in [0.1, 0.15) is 4.90 Å². The van der Waals surface area contributed by atoms with Crippen LogP contribution in [0.15, 0.2) is 10.3 Å². The molecule has 1 aliphatic rings. The van der Waals surface area contributed by atoms with Crippen LogP contribution in [0.1, 0.15) is 43.0 Å². The predicted molar refractivity (Wildman–Crippen MR) is 83.3 cm³/mol. The number of thiophene rings is 1. The van der Waals surface area contributed by atoms with Crippen molar-refractivity contribution >= 4 is 21.4 Å². The van der Waals surface area contributed by atoms with E-state index in [1.54, 1.807) is 11.4 Å². The topological polar surface area (TPSA) is 63.4 Å². The Labute approximate surface area is 126 Å². The monoisotopic (exact) mass is 316 g/mol. The lowest BCUT2D eigenvalue weighted by Crippen LogP contribution is -2.42. The normalized spacial score (nSPS) is 24.2. The number of hydrogen-bond acceptors (Lipinski definition) is 4. The van der Waals surface area contributed by atoms with E-state index in [0.717, 1.165) is 29.7 Å². The average Bonchev–Trinajstić information content (AvgIpc) is 2.80. The SMILES string of the molecule is Cc1csc(CN)c1S(=O)(=O)N(C)C1CCCCC1C. The Morgan fingerprint density at radius 3 is 2.65 bits per heavy atom. The predicted octanol–water partition coefficient (Wildman–Crippen LogP) is 2.71. The second kappa shape index (κ2) is 6.13. The van der Waals surface area contributed by atoms with Crippen molar-refractivity contribution < 1.29 is 8.42 Å². The zero-order valence-corrected chi connectivity index (χ0v) is 14.1. The van der Waals surface area contributed by atoms with Crippen LogP contribution < -0.4 is 5.73 Å². The van der Waals surface area contributed by atoms with Gasteiger partial charge in [-0.2, -0.15) is 4.31 Å². The molecule has 20 heavy (non-hydrogen) atoms. The van der Waals surface area contributed by atoms with E-state index < -0.39 is 10.0 Å². The molecule has 0 amide bonds. The molecule has 1 aromatic rings. The fourth-order valence-corrected chi connectivity index (χ4v) is 6.26. The van der Waals surface area contributed by atoms with E-state index in [1.807, 2.05) is 12.3 Å². The summed E-state index contributed by atoms with van der Waals surface area (Å²) in [4.78, 5) is 1.20. The van der Waals surface area contributed by atoms with Gasteiger partial charge in [0.2, 0.25) is 10.0 Å². The highest BCUT2D eigenvalue weighted by Crippen LogP contribution is 2.34. The van der Waals surface area contributed by atoms with Crippen LogP contribution in [0.4, 0.5) is 0 Å². The number of sulfonamides is 1. The first-order chi connectivity index (χ1) is 9.39. The maximum absolute atomic E-state index is 12.9. The summed E-state index contributed by atoms with van der Waals surface area (Å²) in [5.74, 6) is 0.420. The molecule has 0 radical (unpaired) electrons. The highest BCUT2D eigenvalue weighted by atomic mass is 32.2. The van der Waals surface area contributed by atoms with Crippen LogP contribution in [-0.2, 0) is 16.6 Å². The molecular weight excluding hydrogens is 292 g/mol. The summed E-state index contributed by atoms with van der Waals surface area (Å²) in [5.41, 5.74) is 6.50. The zero-order valence-electron chi connectivity index (χ0n) is 12.4. The molecular formula is C14H24N2O2S2. The maximum Gasteiger partial charge on any atom is 0.244 e. The van der Waals surface area contributed by atoms with Gasteiger partial charge in [-0.15, -0.1) is 11.3 Å². The van der Waals surface area contributed by atoms with Crippen LogP contribution >= 0.6 is 11.3 Å². The number of rotatable bonds is 4. The summed E-state index contributed by atoms with van der Waals surface area (Å²) in [5, 5.41) is 1.88. The second-order valence-corrected chi connectivity index (χ2v) is 8.62. The molecule has 2 rings (SSSR count). The lowest BCUT2D eigenvalue weighted by molar-refractivity contribution is 0.213. The van der Waals surface area contributed by atoms with Gasteiger partial charge in [0, 0.05) is 24.5 Å². The smallest absolute Gasteiger partial charge is 0.244 e. The van der Waals surface area contributed by atoms with Crippen molar-refractivity contribution in [2.45, 2.75) is 57.0 Å². The third-order valence-electron chi connectivity index (χ3n) is 4.35. The fraction of sp³-hybridized carbons (Fsp3) is 0.714. The van der Waals surface area contributed by atoms with Crippen LogP contribution in [-0.4, -0.2) is 25.8 Å². The minimum absolute atomic E-state index is 0.110. The summed E-state index contributed by atoms with van der Waals surface area (Å²) in [7, 11) is -1.72. The van der Waals surface area contributed by atoms with Gasteiger partial charge in [-0.1, -0.05) is 19.8 Å². The van der Waals surface area contributed by atoms with Gasteiger partial charge in [-0.3, -0.25) is 0 Å². The molecule has 0 aliphatic heterocycles. The Bertz CT molecular complexity index is 566. The van der Waals surface area contributed by atoms with Crippen LogP contribution in [0, 0.1) is 12.8 Å². The van der Waals surface area contributed by atoms with Crippen molar-refractivity contribution in [2.75, 3.05) is 7.05 Å². The van der Waals surface area contributed by atoms with Crippen LogP contribution in [0.5, 0.6) is 0 Å². The van der Waals surface area contributed by atoms with Crippen molar-refractivity contribution in [3.05, 3.63) is 15.8 Å². The molecule has 2 unspecified atom stereocenters. The van der Waals surface area contributed by atoms with Crippen LogP contribution in [0.3, 0.4) is 0 Å². The molecule has 4 nitrogen and oxygen atoms in total. The lowest BCUT2D eigenvalue weighted by atomic mass is 9.86. The van der Waals surface area contributed by atoms with Gasteiger partial charge >= 0.3 is 0 Å². The van der Waals surface area contributed by atoms with Crippen molar-refractivity contribution in [2.24, 2.45) is 11.7 Å². The Hall–Kier alpha value is -0.430. The van der Waals surface area contributed by atoms with Crippen LogP contribution in [0.25, 0.3) is 0 Å². The van der Waals surface area contributed by atoms with Gasteiger partial charge < -0.3 is 5.73 Å². The van der Waals surface area contributed by atoms with E-state index in [4.69, 9.17) is 5.73 Å². The molecule has 0 spiro atoms. The summed E-state index contributed by atoms with van der Waals surface area (Å²) in [6.07, 6.45) is 4.38. The Kier molecular flexibility index (Phi) is 4.89. The van der Waals surface area contributed by atoms with Gasteiger partial charge in [-0.05, 0) is 36.6 Å². The molecule has 1 saturated carbocycles. The first kappa shape index (κ1) is 15.9. The molecule has 114 valence electrons. The largest absolute Gasteiger partial charge is 0.326 e. The number of hydrogen-bond donors (Lipinski definition) is 1. The van der Waals surface area contributed by atoms with E-state index in [0.29, 0.717) is 10.8 Å². The number of aryl methyl sites for hydroxylation is 1. The summed E-state index contributed by atoms with van der Waals surface area (Å²) < 4.78 is 27.4. The molecule has 0 saturated heterocycles. The van der Waals surface area contributed by atoms with Crippen molar-refractivity contribution in [1.82, 2.24) is 4.31 Å². The van der Waals surface area contributed by atoms with Gasteiger partial charge in [-0.25, -0.2) is 8.42 Å². The van der Waals surface area contributed by atoms with Gasteiger partial charge in [0.25, 0.3) is 0 Å². The highest BCUT2D eigenvalue weighted by molar-refractivity contribution is 7.89. The van der Waals surface area contributed by atoms with Crippen LogP contribution in [0.2, 0.25) is 0 Å². The molecule has 1 heterocycles. The average molecular weight is 316 g/mol. The van der Waals surface area contributed by atoms with E-state index >= 15 is 0 Å². The molecule has 2 atom stereocenters. The molecule has 6 heteroatoms. The van der Waals surface area contributed by atoms with E-state index in [1.165, 1.54) is 17.8 Å². The molecule has 1 aliphatic carbocycles. The molecule has 0 aromatic carbocycles. The highest BCUT2D eigenvalue weighted by Gasteiger charge is 2.35. The van der Waals surface area contributed by atoms with E-state index in [-0.39, 0.29) is 12.6 Å². The van der Waals surface area contributed by atoms with Crippen molar-refractivity contribution in [1.29, 1.82) is 0 Å². The quantitative estimate of drug-likeness (QED) is 0.929. The third-order valence-corrected chi connectivity index (χ3v) is 7.71. The fourth-order valence-electron chi connectivity index (χ4n) is 3.13. The Morgan fingerprint density at radius 1 is 1.40 bits per heavy atom. The second-order valence-electron chi connectivity index (χ2n) is 5.73. The Balaban J connectivity index is 2.36. The molecule has 2 N–H and O–H groups in total. The molecule has 1 fully saturated rings. The molecule has 0 bridgehead atoms. The first-order valence-electron chi connectivity index (χ1n) is 7.14. The Morgan fingerprint density at radius 2 is 2.05 bits per heavy atom. The van der Waals surface area contributed by atoms with E-state index in [2.05, 4.69) is 6.92 Å². The lowest BCUT2D eigenvalue weighted by Gasteiger charge is -2.35. The summed E-state index contributed by atoms with van der Waals surface area (Å²) >= 11 is 1.44. The zero-order chi connectivity index (χ0) is 14.9. The van der Waals surface area contributed by atoms with Gasteiger partial charge in [0.15, 0.2) is 0 Å².